The predicted molar refractivity (Wildman–Crippen MR) is 75.9 cm³/mol. The fraction of sp³-hybridized carbons (Fsp3) is 1.00. The van der Waals surface area contributed by atoms with Crippen LogP contribution in [0.1, 0.15) is 60.8 Å². The summed E-state index contributed by atoms with van der Waals surface area (Å²) in [4.78, 5) is 0. The van der Waals surface area contributed by atoms with E-state index in [1.807, 2.05) is 20.8 Å². The van der Waals surface area contributed by atoms with Crippen LogP contribution in [0.3, 0.4) is 0 Å². The van der Waals surface area contributed by atoms with Crippen molar-refractivity contribution in [2.24, 2.45) is 0 Å². The van der Waals surface area contributed by atoms with E-state index >= 15 is 0 Å². The molecule has 0 spiro atoms. The fourth-order valence-corrected chi connectivity index (χ4v) is 0. The van der Waals surface area contributed by atoms with E-state index in [9.17, 15) is 0 Å². The average molecular weight is 295 g/mol. The van der Waals surface area contributed by atoms with Crippen LogP contribution in [0, 0.1) is 0 Å². The summed E-state index contributed by atoms with van der Waals surface area (Å²) in [5, 5.41) is 25.1. The summed E-state index contributed by atoms with van der Waals surface area (Å²) in [6, 6.07) is 0. The van der Waals surface area contributed by atoms with Gasteiger partial charge in [-0.15, -0.1) is 0 Å². The molecule has 0 rings (SSSR count). The molecule has 0 aromatic carbocycles. The Labute approximate surface area is 114 Å². The third-order valence-corrected chi connectivity index (χ3v) is 1.77. The molecule has 3 atom stereocenters. The molecule has 0 amide bonds. The second-order valence-corrected chi connectivity index (χ2v) is 3.77. The van der Waals surface area contributed by atoms with E-state index in [0.717, 1.165) is 19.3 Å². The minimum atomic E-state index is -0.116. The fourth-order valence-electron chi connectivity index (χ4n) is 0. The normalized spacial score (nSPS) is 14.1. The maximum atomic E-state index is 8.36. The topological polar surface area (TPSA) is 60.7 Å². The van der Waals surface area contributed by atoms with E-state index in [4.69, 9.17) is 15.3 Å². The van der Waals surface area contributed by atoms with Crippen molar-refractivity contribution in [3.63, 3.8) is 0 Å². The van der Waals surface area contributed by atoms with Gasteiger partial charge in [-0.05, 0) is 40.0 Å². The second kappa shape index (κ2) is 20.9. The molecule has 16 heavy (non-hydrogen) atoms. The first kappa shape index (κ1) is 25.4. The standard InChI is InChI=1S/3C4H10O.Ga.3H/c3*1-3-4(2)5;;;;/h3*4-5H,3H2,1-2H3;;;;. The van der Waals surface area contributed by atoms with Gasteiger partial charge in [0, 0.05) is 0 Å². The molecule has 3 nitrogen and oxygen atoms in total. The molecule has 0 bridgehead atoms. The Kier molecular flexibility index (Phi) is 33.1. The molecule has 4 heteroatoms. The maximum absolute atomic E-state index is 8.36. The van der Waals surface area contributed by atoms with Crippen LogP contribution in [0.4, 0.5) is 0 Å². The van der Waals surface area contributed by atoms with E-state index in [1.54, 1.807) is 20.8 Å². The van der Waals surface area contributed by atoms with Crippen LogP contribution in [0.15, 0.2) is 0 Å². The molecule has 102 valence electrons. The third kappa shape index (κ3) is 62.5. The van der Waals surface area contributed by atoms with Crippen LogP contribution in [-0.2, 0) is 0 Å². The Balaban J connectivity index is -0.0000000655. The van der Waals surface area contributed by atoms with E-state index in [1.165, 1.54) is 0 Å². The summed E-state index contributed by atoms with van der Waals surface area (Å²) < 4.78 is 0. The molecule has 0 aliphatic heterocycles. The molecular weight excluding hydrogens is 262 g/mol. The van der Waals surface area contributed by atoms with Crippen molar-refractivity contribution in [2.45, 2.75) is 79.1 Å². The zero-order valence-electron chi connectivity index (χ0n) is 11.2. The Bertz CT molecular complexity index is 77.2. The Morgan fingerprint density at radius 1 is 0.625 bits per heavy atom. The van der Waals surface area contributed by atoms with Gasteiger partial charge in [0.15, 0.2) is 0 Å². The van der Waals surface area contributed by atoms with Gasteiger partial charge in [0.25, 0.3) is 0 Å². The summed E-state index contributed by atoms with van der Waals surface area (Å²) in [7, 11) is 0. The van der Waals surface area contributed by atoms with Crippen molar-refractivity contribution in [3.05, 3.63) is 0 Å². The Morgan fingerprint density at radius 2 is 0.688 bits per heavy atom. The quantitative estimate of drug-likeness (QED) is 0.684. The van der Waals surface area contributed by atoms with Gasteiger partial charge in [0.05, 0.1) is 18.3 Å². The Hall–Kier alpha value is 0.516. The van der Waals surface area contributed by atoms with Crippen molar-refractivity contribution in [3.8, 4) is 0 Å². The molecule has 0 aromatic heterocycles. The van der Waals surface area contributed by atoms with Crippen LogP contribution < -0.4 is 0 Å². The molecule has 0 saturated carbocycles. The van der Waals surface area contributed by atoms with E-state index < -0.39 is 0 Å². The molecule has 0 aliphatic rings. The van der Waals surface area contributed by atoms with Gasteiger partial charge in [-0.2, -0.15) is 0 Å². The molecule has 0 fully saturated rings. The van der Waals surface area contributed by atoms with Crippen molar-refractivity contribution in [2.75, 3.05) is 0 Å². The van der Waals surface area contributed by atoms with E-state index in [-0.39, 0.29) is 38.1 Å². The van der Waals surface area contributed by atoms with Gasteiger partial charge in [-0.3, -0.25) is 0 Å². The van der Waals surface area contributed by atoms with Crippen LogP contribution in [0.2, 0.25) is 0 Å². The van der Waals surface area contributed by atoms with Gasteiger partial charge in [0.1, 0.15) is 0 Å². The first-order chi connectivity index (χ1) is 6.81. The monoisotopic (exact) mass is 294 g/mol. The Morgan fingerprint density at radius 3 is 0.688 bits per heavy atom. The summed E-state index contributed by atoms with van der Waals surface area (Å²) >= 11 is 0. The molecule has 3 unspecified atom stereocenters. The number of hydrogen-bond donors (Lipinski definition) is 3. The van der Waals surface area contributed by atoms with E-state index in [0.29, 0.717) is 0 Å². The molecular formula is C12H33GaO3. The summed E-state index contributed by atoms with van der Waals surface area (Å²) in [5.74, 6) is 0. The van der Waals surface area contributed by atoms with Gasteiger partial charge in [-0.25, -0.2) is 0 Å². The number of hydrogen-bond acceptors (Lipinski definition) is 3. The second-order valence-electron chi connectivity index (χ2n) is 3.77. The number of aliphatic hydroxyl groups excluding tert-OH is 3. The third-order valence-electron chi connectivity index (χ3n) is 1.77. The minimum absolute atomic E-state index is 0. The summed E-state index contributed by atoms with van der Waals surface area (Å²) in [6.07, 6.45) is 2.24. The summed E-state index contributed by atoms with van der Waals surface area (Å²) in [6.45, 7) is 11.2. The van der Waals surface area contributed by atoms with Gasteiger partial charge in [-0.1, -0.05) is 20.8 Å². The molecule has 3 N–H and O–H groups in total. The molecule has 0 saturated heterocycles. The average Bonchev–Trinajstić information content (AvgIpc) is 2.19. The van der Waals surface area contributed by atoms with Crippen LogP contribution in [0.5, 0.6) is 0 Å². The van der Waals surface area contributed by atoms with Crippen LogP contribution in [0.25, 0.3) is 0 Å². The van der Waals surface area contributed by atoms with Gasteiger partial charge < -0.3 is 15.3 Å². The molecule has 0 aromatic rings. The SMILES string of the molecule is CCC(C)O.CCC(C)O.CCC(C)O.[GaH3]. The first-order valence-corrected chi connectivity index (χ1v) is 5.85. The van der Waals surface area contributed by atoms with Crippen molar-refractivity contribution in [1.29, 1.82) is 0 Å². The van der Waals surface area contributed by atoms with Crippen LogP contribution in [-0.4, -0.2) is 53.4 Å². The van der Waals surface area contributed by atoms with Crippen LogP contribution >= 0.6 is 0 Å². The van der Waals surface area contributed by atoms with Gasteiger partial charge in [0.2, 0.25) is 0 Å². The molecule has 0 aliphatic carbocycles. The predicted octanol–water partition coefficient (Wildman–Crippen LogP) is 1.15. The number of rotatable bonds is 3. The zero-order chi connectivity index (χ0) is 12.9. The zero-order valence-corrected chi connectivity index (χ0v) is 11.2. The molecule has 0 radical (unpaired) electrons. The van der Waals surface area contributed by atoms with Crippen molar-refractivity contribution < 1.29 is 15.3 Å². The first-order valence-electron chi connectivity index (χ1n) is 5.85. The van der Waals surface area contributed by atoms with Crippen molar-refractivity contribution in [1.82, 2.24) is 0 Å². The summed E-state index contributed by atoms with van der Waals surface area (Å²) in [5.41, 5.74) is 0. The van der Waals surface area contributed by atoms with Gasteiger partial charge >= 0.3 is 19.8 Å². The molecule has 0 heterocycles. The number of aliphatic hydroxyl groups is 3. The van der Waals surface area contributed by atoms with Crippen molar-refractivity contribution >= 4 is 19.8 Å². The van der Waals surface area contributed by atoms with E-state index in [2.05, 4.69) is 0 Å².